The molecule has 5 heteroatoms. The molecule has 5 nitrogen and oxygen atoms in total. The SMILES string of the molecule is CCOc1cc(C)nc(N2CCCC(C3CCCN3)C2)n1. The molecule has 0 amide bonds. The number of nitrogens with one attached hydrogen (secondary N) is 1. The normalized spacial score (nSPS) is 26.1. The van der Waals surface area contributed by atoms with E-state index in [-0.39, 0.29) is 0 Å². The van der Waals surface area contributed by atoms with Crippen LogP contribution in [0.3, 0.4) is 0 Å². The Balaban J connectivity index is 1.73. The fourth-order valence-electron chi connectivity index (χ4n) is 3.52. The van der Waals surface area contributed by atoms with Crippen molar-refractivity contribution in [3.63, 3.8) is 0 Å². The lowest BCUT2D eigenvalue weighted by molar-refractivity contribution is 0.317. The Morgan fingerprint density at radius 1 is 1.33 bits per heavy atom. The zero-order valence-corrected chi connectivity index (χ0v) is 13.1. The monoisotopic (exact) mass is 290 g/mol. The fourth-order valence-corrected chi connectivity index (χ4v) is 3.52. The van der Waals surface area contributed by atoms with Gasteiger partial charge in [0.2, 0.25) is 11.8 Å². The van der Waals surface area contributed by atoms with Gasteiger partial charge >= 0.3 is 0 Å². The van der Waals surface area contributed by atoms with E-state index in [4.69, 9.17) is 4.74 Å². The first-order chi connectivity index (χ1) is 10.3. The number of aryl methyl sites for hydroxylation is 1. The van der Waals surface area contributed by atoms with Gasteiger partial charge in [0, 0.05) is 30.9 Å². The summed E-state index contributed by atoms with van der Waals surface area (Å²) in [5.41, 5.74) is 0.976. The fraction of sp³-hybridized carbons (Fsp3) is 0.750. The molecule has 2 fully saturated rings. The van der Waals surface area contributed by atoms with Crippen LogP contribution in [-0.2, 0) is 0 Å². The number of ether oxygens (including phenoxy) is 1. The molecule has 2 unspecified atom stereocenters. The van der Waals surface area contributed by atoms with Crippen LogP contribution in [0, 0.1) is 12.8 Å². The molecule has 3 rings (SSSR count). The number of aromatic nitrogens is 2. The van der Waals surface area contributed by atoms with E-state index in [1.165, 1.54) is 32.2 Å². The van der Waals surface area contributed by atoms with Crippen molar-refractivity contribution in [3.8, 4) is 5.88 Å². The lowest BCUT2D eigenvalue weighted by Gasteiger charge is -2.36. The predicted octanol–water partition coefficient (Wildman–Crippen LogP) is 2.15. The van der Waals surface area contributed by atoms with Crippen molar-refractivity contribution >= 4 is 5.95 Å². The standard InChI is InChI=1S/C16H26N4O/c1-3-21-15-10-12(2)18-16(19-15)20-9-5-6-13(11-20)14-7-4-8-17-14/h10,13-14,17H,3-9,11H2,1-2H3. The van der Waals surface area contributed by atoms with Gasteiger partial charge in [-0.1, -0.05) is 0 Å². The maximum atomic E-state index is 5.55. The van der Waals surface area contributed by atoms with Gasteiger partial charge in [-0.25, -0.2) is 4.98 Å². The largest absolute Gasteiger partial charge is 0.478 e. The lowest BCUT2D eigenvalue weighted by atomic mass is 9.90. The summed E-state index contributed by atoms with van der Waals surface area (Å²) >= 11 is 0. The first kappa shape index (κ1) is 14.6. The topological polar surface area (TPSA) is 50.3 Å². The second-order valence-electron chi connectivity index (χ2n) is 6.13. The highest BCUT2D eigenvalue weighted by Crippen LogP contribution is 2.27. The van der Waals surface area contributed by atoms with E-state index in [0.29, 0.717) is 18.5 Å². The van der Waals surface area contributed by atoms with E-state index in [1.54, 1.807) is 0 Å². The Bertz CT molecular complexity index is 473. The van der Waals surface area contributed by atoms with Gasteiger partial charge in [0.05, 0.1) is 6.61 Å². The molecule has 0 aliphatic carbocycles. The summed E-state index contributed by atoms with van der Waals surface area (Å²) in [6.45, 7) is 7.93. The average Bonchev–Trinajstić information content (AvgIpc) is 3.01. The molecule has 3 heterocycles. The minimum Gasteiger partial charge on any atom is -0.478 e. The van der Waals surface area contributed by atoms with Crippen molar-refractivity contribution in [2.24, 2.45) is 5.92 Å². The van der Waals surface area contributed by atoms with Gasteiger partial charge in [-0.15, -0.1) is 0 Å². The second-order valence-corrected chi connectivity index (χ2v) is 6.13. The van der Waals surface area contributed by atoms with Gasteiger partial charge in [-0.3, -0.25) is 0 Å². The molecular formula is C16H26N4O. The number of rotatable bonds is 4. The molecule has 1 N–H and O–H groups in total. The minimum absolute atomic E-state index is 0.643. The number of hydrogen-bond donors (Lipinski definition) is 1. The van der Waals surface area contributed by atoms with E-state index in [1.807, 2.05) is 19.9 Å². The van der Waals surface area contributed by atoms with E-state index < -0.39 is 0 Å². The second kappa shape index (κ2) is 6.60. The third-order valence-electron chi connectivity index (χ3n) is 4.52. The highest BCUT2D eigenvalue weighted by atomic mass is 16.5. The lowest BCUT2D eigenvalue weighted by Crippen LogP contribution is -2.44. The summed E-state index contributed by atoms with van der Waals surface area (Å²) in [5, 5.41) is 3.65. The quantitative estimate of drug-likeness (QED) is 0.921. The summed E-state index contributed by atoms with van der Waals surface area (Å²) < 4.78 is 5.55. The summed E-state index contributed by atoms with van der Waals surface area (Å²) in [5.74, 6) is 2.25. The molecule has 116 valence electrons. The van der Waals surface area contributed by atoms with Crippen LogP contribution in [0.4, 0.5) is 5.95 Å². The molecular weight excluding hydrogens is 264 g/mol. The van der Waals surface area contributed by atoms with Crippen LogP contribution in [0.2, 0.25) is 0 Å². The van der Waals surface area contributed by atoms with Crippen molar-refractivity contribution in [3.05, 3.63) is 11.8 Å². The molecule has 1 aromatic rings. The molecule has 0 spiro atoms. The third kappa shape index (κ3) is 3.46. The Morgan fingerprint density at radius 2 is 2.24 bits per heavy atom. The molecule has 2 aliphatic rings. The first-order valence-electron chi connectivity index (χ1n) is 8.23. The highest BCUT2D eigenvalue weighted by Gasteiger charge is 2.30. The van der Waals surface area contributed by atoms with E-state index in [9.17, 15) is 0 Å². The Hall–Kier alpha value is -1.36. The predicted molar refractivity (Wildman–Crippen MR) is 83.9 cm³/mol. The molecule has 0 radical (unpaired) electrons. The minimum atomic E-state index is 0.643. The number of piperidine rings is 1. The maximum Gasteiger partial charge on any atom is 0.228 e. The Kier molecular flexibility index (Phi) is 4.58. The maximum absolute atomic E-state index is 5.55. The summed E-state index contributed by atoms with van der Waals surface area (Å²) in [7, 11) is 0. The van der Waals surface area contributed by atoms with Crippen LogP contribution < -0.4 is 15.0 Å². The van der Waals surface area contributed by atoms with E-state index in [2.05, 4.69) is 20.2 Å². The van der Waals surface area contributed by atoms with Crippen molar-refractivity contribution in [2.75, 3.05) is 31.1 Å². The van der Waals surface area contributed by atoms with Crippen molar-refractivity contribution in [1.29, 1.82) is 0 Å². The Morgan fingerprint density at radius 3 is 3.00 bits per heavy atom. The van der Waals surface area contributed by atoms with Crippen LogP contribution in [0.25, 0.3) is 0 Å². The molecule has 2 aliphatic heterocycles. The third-order valence-corrected chi connectivity index (χ3v) is 4.52. The van der Waals surface area contributed by atoms with Gasteiger partial charge in [0.25, 0.3) is 0 Å². The number of hydrogen-bond acceptors (Lipinski definition) is 5. The molecule has 0 saturated carbocycles. The van der Waals surface area contributed by atoms with Crippen LogP contribution in [0.5, 0.6) is 5.88 Å². The molecule has 0 bridgehead atoms. The first-order valence-corrected chi connectivity index (χ1v) is 8.23. The van der Waals surface area contributed by atoms with Crippen LogP contribution >= 0.6 is 0 Å². The van der Waals surface area contributed by atoms with Gasteiger partial charge in [-0.05, 0) is 52.0 Å². The van der Waals surface area contributed by atoms with Gasteiger partial charge in [0.1, 0.15) is 0 Å². The van der Waals surface area contributed by atoms with Gasteiger partial charge in [0.15, 0.2) is 0 Å². The summed E-state index contributed by atoms with van der Waals surface area (Å²) in [6.07, 6.45) is 5.18. The van der Waals surface area contributed by atoms with E-state index in [0.717, 1.165) is 30.6 Å². The number of nitrogens with zero attached hydrogens (tertiary/aromatic N) is 3. The van der Waals surface area contributed by atoms with Crippen LogP contribution in [-0.4, -0.2) is 42.3 Å². The molecule has 2 saturated heterocycles. The zero-order valence-electron chi connectivity index (χ0n) is 13.1. The van der Waals surface area contributed by atoms with Crippen molar-refractivity contribution in [2.45, 2.75) is 45.6 Å². The summed E-state index contributed by atoms with van der Waals surface area (Å²) in [6, 6.07) is 2.59. The molecule has 1 aromatic heterocycles. The zero-order chi connectivity index (χ0) is 14.7. The van der Waals surface area contributed by atoms with Gasteiger partial charge < -0.3 is 15.0 Å². The smallest absolute Gasteiger partial charge is 0.228 e. The molecule has 21 heavy (non-hydrogen) atoms. The highest BCUT2D eigenvalue weighted by molar-refractivity contribution is 5.35. The molecule has 0 aromatic carbocycles. The van der Waals surface area contributed by atoms with E-state index >= 15 is 0 Å². The van der Waals surface area contributed by atoms with Crippen molar-refractivity contribution in [1.82, 2.24) is 15.3 Å². The van der Waals surface area contributed by atoms with Crippen molar-refractivity contribution < 1.29 is 4.74 Å². The van der Waals surface area contributed by atoms with Crippen LogP contribution in [0.1, 0.15) is 38.3 Å². The number of anilines is 1. The average molecular weight is 290 g/mol. The molecule has 2 atom stereocenters. The van der Waals surface area contributed by atoms with Gasteiger partial charge in [-0.2, -0.15) is 4.98 Å². The summed E-state index contributed by atoms with van der Waals surface area (Å²) in [4.78, 5) is 11.5. The van der Waals surface area contributed by atoms with Crippen LogP contribution in [0.15, 0.2) is 6.07 Å². The Labute approximate surface area is 127 Å².